The van der Waals surface area contributed by atoms with E-state index < -0.39 is 206 Å². The lowest BCUT2D eigenvalue weighted by molar-refractivity contribution is -0.473. The molecule has 0 aromatic rings. The van der Waals surface area contributed by atoms with E-state index in [1.165, 1.54) is 19.4 Å². The number of hydrogen-bond donors (Lipinski definition) is 18. The third-order valence-electron chi connectivity index (χ3n) is 23.5. The Kier molecular flexibility index (Phi) is 18.7. The maximum Gasteiger partial charge on any atom is 0.357 e. The first kappa shape index (κ1) is 68.0. The summed E-state index contributed by atoms with van der Waals surface area (Å²) >= 11 is 0. The molecular weight excluding hydrogens is 1160 g/mol. The Morgan fingerprint density at radius 2 is 1.29 bits per heavy atom. The van der Waals surface area contributed by atoms with Crippen molar-refractivity contribution in [2.45, 2.75) is 265 Å². The predicted molar refractivity (Wildman–Crippen MR) is 290 cm³/mol. The quantitative estimate of drug-likeness (QED) is 0.0378. The van der Waals surface area contributed by atoms with Crippen LogP contribution in [0.5, 0.6) is 0 Å². The molecule has 0 bridgehead atoms. The predicted octanol–water partition coefficient (Wildman–Crippen LogP) is -4.66. The molecule has 0 spiro atoms. The van der Waals surface area contributed by atoms with Crippen molar-refractivity contribution in [3.05, 3.63) is 11.6 Å². The standard InChI is InChI=1S/C59H96O28/c1-23-35(63)39(67)43(71)51(81-23)82-45-30(19-60)84-58(77,48(75)44(45)72)80-21-31-38(66)41(69)47(74)59(78,85-31)87-50(76)27-18-52(3,4)17-26-25(27)11-15-55(7)28(26)9-10-33-53(5)14-13-34(54(6,22-61)32(53)12-16-56(33,55)8)86-57(46(73)40(68)36(64)24(2)83-57)49-42(70)37(65)29(62)20-79-49/h9,23-27,29-49,51,60-75,77-78H,10-22H2,1-8H3/t23-,24-,25?,26-,27-,29+,30?,31?,32?,33?,34+,35-,36-,37-,38-,39+,40+,41?,42-,43+,44?,45-,46+,47+,48+,49?,51?,53+,54+,55-,56-,57?,58+,59-/m1/s1. The molecule has 500 valence electrons. The number of aliphatic hydroxyl groups excluding tert-OH is 16. The number of fused-ring (bicyclic) bond motifs is 7. The largest absolute Gasteiger partial charge is 0.405 e. The van der Waals surface area contributed by atoms with Crippen molar-refractivity contribution in [2.75, 3.05) is 26.4 Å². The van der Waals surface area contributed by atoms with Crippen molar-refractivity contribution in [1.82, 2.24) is 0 Å². The summed E-state index contributed by atoms with van der Waals surface area (Å²) in [5.74, 6) is -11.5. The molecule has 0 radical (unpaired) electrons. The maximum absolute atomic E-state index is 14.8. The monoisotopic (exact) mass is 1250 g/mol. The van der Waals surface area contributed by atoms with Crippen LogP contribution in [0, 0.1) is 56.7 Å². The number of aliphatic hydroxyl groups is 18. The molecule has 0 aromatic heterocycles. The minimum absolute atomic E-state index is 0.0484. The molecule has 5 aliphatic heterocycles. The lowest BCUT2D eigenvalue weighted by atomic mass is 9.34. The van der Waals surface area contributed by atoms with Crippen LogP contribution in [0.4, 0.5) is 0 Å². The van der Waals surface area contributed by atoms with Gasteiger partial charge in [-0.1, -0.05) is 53.2 Å². The van der Waals surface area contributed by atoms with Gasteiger partial charge in [0.1, 0.15) is 97.7 Å². The van der Waals surface area contributed by atoms with Gasteiger partial charge in [-0.2, -0.15) is 0 Å². The van der Waals surface area contributed by atoms with Gasteiger partial charge in [0, 0.05) is 5.41 Å². The zero-order chi connectivity index (χ0) is 64.0. The molecule has 18 N–H and O–H groups in total. The number of esters is 1. The van der Waals surface area contributed by atoms with Gasteiger partial charge in [0.25, 0.3) is 0 Å². The van der Waals surface area contributed by atoms with Crippen LogP contribution in [0.1, 0.15) is 113 Å². The highest BCUT2D eigenvalue weighted by atomic mass is 16.9. The molecule has 0 aromatic carbocycles. The van der Waals surface area contributed by atoms with Crippen molar-refractivity contribution in [3.63, 3.8) is 0 Å². The van der Waals surface area contributed by atoms with Gasteiger partial charge in [-0.15, -0.1) is 0 Å². The van der Waals surface area contributed by atoms with E-state index in [-0.39, 0.29) is 42.1 Å². The molecule has 9 fully saturated rings. The first-order valence-electron chi connectivity index (χ1n) is 30.8. The second kappa shape index (κ2) is 23.9. The van der Waals surface area contributed by atoms with Crippen molar-refractivity contribution >= 4 is 5.97 Å². The Bertz CT molecular complexity index is 2490. The molecule has 10 unspecified atom stereocenters. The van der Waals surface area contributed by atoms with E-state index in [9.17, 15) is 96.7 Å². The second-order valence-electron chi connectivity index (χ2n) is 29.0. The number of hydrogen-bond acceptors (Lipinski definition) is 28. The first-order chi connectivity index (χ1) is 40.4. The SMILES string of the molecule is C[C@H]1OC(O[C@@H]2C(CO)O[C@@](O)(OCC3O[C@@](O)(OC(=O)[C@@H]4CC(C)(C)C[C@H]5C6=CCC7[C@@]8(C)CC[C@H](OC9(C%10OC[C@H](O)[C@@H](O)[C@H]%10O)O[C@H](C)[C@@H](O)[C@H](O)[C@@H]9O)[C@@](C)(CO)C8CC[C@@]7(C)[C@]6(C)CCC45)[C@@H](O)C(O)[C@@H]3O)[C@@H](O)C2O)[C@@H](O)[C@@H](O)[C@@H]1O. The van der Waals surface area contributed by atoms with Crippen LogP contribution in [0.15, 0.2) is 11.6 Å². The Morgan fingerprint density at radius 3 is 1.95 bits per heavy atom. The highest BCUT2D eigenvalue weighted by molar-refractivity contribution is 5.74. The molecule has 5 heterocycles. The fourth-order valence-electron chi connectivity index (χ4n) is 18.3. The summed E-state index contributed by atoms with van der Waals surface area (Å²) in [6.45, 7) is 12.7. The molecule has 4 saturated carbocycles. The normalized spacial score (nSPS) is 56.9. The van der Waals surface area contributed by atoms with E-state index in [0.717, 1.165) is 0 Å². The molecule has 28 nitrogen and oxygen atoms in total. The Labute approximate surface area is 504 Å². The van der Waals surface area contributed by atoms with Gasteiger partial charge in [-0.25, -0.2) is 0 Å². The van der Waals surface area contributed by atoms with E-state index in [4.69, 9.17) is 42.6 Å². The Morgan fingerprint density at radius 1 is 0.644 bits per heavy atom. The van der Waals surface area contributed by atoms with Crippen molar-refractivity contribution in [2.24, 2.45) is 56.7 Å². The summed E-state index contributed by atoms with van der Waals surface area (Å²) in [6.07, 6.45) is -31.8. The van der Waals surface area contributed by atoms with Crippen LogP contribution < -0.4 is 0 Å². The molecule has 0 amide bonds. The molecule has 10 rings (SSSR count). The molecule has 34 atom stereocenters. The van der Waals surface area contributed by atoms with Gasteiger partial charge in [0.15, 0.2) is 18.5 Å². The fourth-order valence-corrected chi connectivity index (χ4v) is 18.3. The van der Waals surface area contributed by atoms with Gasteiger partial charge in [-0.05, 0) is 117 Å². The summed E-state index contributed by atoms with van der Waals surface area (Å²) in [7, 11) is 0. The maximum atomic E-state index is 14.8. The highest BCUT2D eigenvalue weighted by Gasteiger charge is 2.71. The summed E-state index contributed by atoms with van der Waals surface area (Å²) in [6, 6.07) is 0. The average molecular weight is 1250 g/mol. The van der Waals surface area contributed by atoms with Gasteiger partial charge in [-0.3, -0.25) is 4.79 Å². The van der Waals surface area contributed by atoms with E-state index in [1.807, 2.05) is 20.8 Å². The van der Waals surface area contributed by atoms with Crippen LogP contribution in [0.2, 0.25) is 0 Å². The summed E-state index contributed by atoms with van der Waals surface area (Å²) in [5.41, 5.74) is -1.52. The molecule has 28 heteroatoms. The van der Waals surface area contributed by atoms with Crippen LogP contribution in [0.25, 0.3) is 0 Å². The second-order valence-corrected chi connectivity index (χ2v) is 29.0. The van der Waals surface area contributed by atoms with E-state index in [1.54, 1.807) is 0 Å². The minimum Gasteiger partial charge on any atom is -0.405 e. The zero-order valence-electron chi connectivity index (χ0n) is 50.5. The smallest absolute Gasteiger partial charge is 0.357 e. The average Bonchev–Trinajstić information content (AvgIpc) is 0.695. The number of allylic oxidation sites excluding steroid dienone is 2. The number of carbonyl (C=O) groups excluding carboxylic acids is 1. The third kappa shape index (κ3) is 10.8. The van der Waals surface area contributed by atoms with E-state index >= 15 is 0 Å². The Hall–Kier alpha value is -1.83. The molecule has 5 saturated heterocycles. The number of rotatable bonds is 12. The van der Waals surface area contributed by atoms with Crippen molar-refractivity contribution in [3.8, 4) is 0 Å². The topological polar surface area (TPSA) is 464 Å². The summed E-state index contributed by atoms with van der Waals surface area (Å²) in [5, 5.41) is 198. The summed E-state index contributed by atoms with van der Waals surface area (Å²) in [4.78, 5) is 14.8. The third-order valence-corrected chi connectivity index (χ3v) is 23.5. The van der Waals surface area contributed by atoms with Gasteiger partial charge in [0.05, 0.1) is 50.7 Å². The Balaban J connectivity index is 0.847. The summed E-state index contributed by atoms with van der Waals surface area (Å²) < 4.78 is 52.2. The van der Waals surface area contributed by atoms with E-state index in [0.29, 0.717) is 51.4 Å². The minimum atomic E-state index is -3.34. The highest BCUT2D eigenvalue weighted by Crippen LogP contribution is 2.75. The van der Waals surface area contributed by atoms with Crippen LogP contribution in [0.3, 0.4) is 0 Å². The number of carbonyl (C=O) groups is 1. The van der Waals surface area contributed by atoms with Crippen LogP contribution in [-0.2, 0) is 47.4 Å². The van der Waals surface area contributed by atoms with Gasteiger partial charge >= 0.3 is 17.9 Å². The van der Waals surface area contributed by atoms with Crippen LogP contribution in [-0.4, -0.2) is 277 Å². The van der Waals surface area contributed by atoms with Crippen LogP contribution >= 0.6 is 0 Å². The van der Waals surface area contributed by atoms with Crippen molar-refractivity contribution in [1.29, 1.82) is 0 Å². The van der Waals surface area contributed by atoms with Gasteiger partial charge in [0.2, 0.25) is 5.79 Å². The van der Waals surface area contributed by atoms with E-state index in [2.05, 4.69) is 26.8 Å². The van der Waals surface area contributed by atoms with Gasteiger partial charge < -0.3 is 135 Å². The van der Waals surface area contributed by atoms with Crippen molar-refractivity contribution < 1.29 is 139 Å². The lowest BCUT2D eigenvalue weighted by Crippen LogP contribution is -2.75. The molecule has 87 heavy (non-hydrogen) atoms. The first-order valence-corrected chi connectivity index (χ1v) is 30.8. The molecular formula is C59H96O28. The molecule has 10 aliphatic rings. The lowest BCUT2D eigenvalue weighted by Gasteiger charge is -2.71. The number of ether oxygens (including phenoxy) is 9. The zero-order valence-corrected chi connectivity index (χ0v) is 50.5. The fraction of sp³-hybridized carbons (Fsp3) is 0.949. The molecule has 5 aliphatic carbocycles.